The van der Waals surface area contributed by atoms with E-state index < -0.39 is 5.97 Å². The molecule has 0 spiro atoms. The molecule has 23 heavy (non-hydrogen) atoms. The highest BCUT2D eigenvalue weighted by Crippen LogP contribution is 2.33. The van der Waals surface area contributed by atoms with Crippen molar-refractivity contribution in [1.82, 2.24) is 0 Å². The van der Waals surface area contributed by atoms with E-state index in [9.17, 15) is 10.1 Å². The summed E-state index contributed by atoms with van der Waals surface area (Å²) in [5.74, 6) is -0.402. The second-order valence-electron chi connectivity index (χ2n) is 5.36. The molecule has 0 heterocycles. The molecular formula is C20H15NO2. The van der Waals surface area contributed by atoms with Crippen LogP contribution in [0.4, 0.5) is 0 Å². The molecule has 0 N–H and O–H groups in total. The van der Waals surface area contributed by atoms with E-state index in [2.05, 4.69) is 6.07 Å². The van der Waals surface area contributed by atoms with E-state index in [0.717, 1.165) is 21.9 Å². The van der Waals surface area contributed by atoms with Crippen LogP contribution < -0.4 is 0 Å². The standard InChI is InChI=1S/C20H15NO2/c1-13-7-9-14(10-8-13)18-11-15(12-21)16-5-3-4-6-17(16)19(18)20(22)23-2/h3-11H,1-2H3. The van der Waals surface area contributed by atoms with E-state index in [1.165, 1.54) is 7.11 Å². The number of benzene rings is 3. The van der Waals surface area contributed by atoms with Crippen LogP contribution in [0.2, 0.25) is 0 Å². The molecule has 3 rings (SSSR count). The summed E-state index contributed by atoms with van der Waals surface area (Å²) in [4.78, 5) is 12.4. The van der Waals surface area contributed by atoms with Crippen LogP contribution in [0.5, 0.6) is 0 Å². The number of ether oxygens (including phenoxy) is 1. The molecule has 3 aromatic rings. The van der Waals surface area contributed by atoms with Crippen molar-refractivity contribution in [1.29, 1.82) is 5.26 Å². The van der Waals surface area contributed by atoms with Gasteiger partial charge in [0.25, 0.3) is 0 Å². The first-order valence-electron chi connectivity index (χ1n) is 7.27. The number of carbonyl (C=O) groups is 1. The van der Waals surface area contributed by atoms with Gasteiger partial charge in [-0.05, 0) is 29.5 Å². The molecule has 0 aliphatic heterocycles. The lowest BCUT2D eigenvalue weighted by molar-refractivity contribution is 0.0604. The maximum Gasteiger partial charge on any atom is 0.339 e. The molecule has 3 heteroatoms. The molecule has 0 bridgehead atoms. The van der Waals surface area contributed by atoms with Crippen molar-refractivity contribution in [2.24, 2.45) is 0 Å². The Labute approximate surface area is 134 Å². The van der Waals surface area contributed by atoms with Crippen molar-refractivity contribution in [2.45, 2.75) is 6.92 Å². The average Bonchev–Trinajstić information content (AvgIpc) is 2.60. The molecule has 0 amide bonds. The van der Waals surface area contributed by atoms with Crippen LogP contribution in [0, 0.1) is 18.3 Å². The zero-order valence-corrected chi connectivity index (χ0v) is 13.0. The van der Waals surface area contributed by atoms with Gasteiger partial charge in [-0.15, -0.1) is 0 Å². The first kappa shape index (κ1) is 14.8. The largest absolute Gasteiger partial charge is 0.465 e. The Balaban J connectivity index is 2.42. The van der Waals surface area contributed by atoms with Crippen molar-refractivity contribution in [2.75, 3.05) is 7.11 Å². The molecule has 0 aliphatic rings. The Morgan fingerprint density at radius 1 is 1.04 bits per heavy atom. The molecule has 0 radical (unpaired) electrons. The molecular weight excluding hydrogens is 286 g/mol. The van der Waals surface area contributed by atoms with Crippen LogP contribution in [-0.2, 0) is 4.74 Å². The van der Waals surface area contributed by atoms with E-state index in [-0.39, 0.29) is 0 Å². The summed E-state index contributed by atoms with van der Waals surface area (Å²) in [6, 6.07) is 19.3. The number of aryl methyl sites for hydroxylation is 1. The molecule has 0 atom stereocenters. The Morgan fingerprint density at radius 2 is 1.70 bits per heavy atom. The number of fused-ring (bicyclic) bond motifs is 1. The van der Waals surface area contributed by atoms with Gasteiger partial charge in [0.2, 0.25) is 0 Å². The summed E-state index contributed by atoms with van der Waals surface area (Å²) in [5.41, 5.74) is 3.77. The van der Waals surface area contributed by atoms with Crippen molar-refractivity contribution >= 4 is 16.7 Å². The van der Waals surface area contributed by atoms with Crippen LogP contribution in [-0.4, -0.2) is 13.1 Å². The quantitative estimate of drug-likeness (QED) is 0.656. The van der Waals surface area contributed by atoms with E-state index in [1.807, 2.05) is 55.5 Å². The van der Waals surface area contributed by atoms with Gasteiger partial charge in [0.1, 0.15) is 0 Å². The van der Waals surface area contributed by atoms with Gasteiger partial charge < -0.3 is 4.74 Å². The smallest absolute Gasteiger partial charge is 0.339 e. The Morgan fingerprint density at radius 3 is 2.30 bits per heavy atom. The minimum atomic E-state index is -0.402. The zero-order chi connectivity index (χ0) is 16.4. The van der Waals surface area contributed by atoms with Crippen molar-refractivity contribution in [3.05, 3.63) is 71.3 Å². The number of carbonyl (C=O) groups excluding carboxylic acids is 1. The third kappa shape index (κ3) is 2.56. The maximum atomic E-state index is 12.4. The van der Waals surface area contributed by atoms with Gasteiger partial charge in [-0.3, -0.25) is 0 Å². The Kier molecular flexibility index (Phi) is 3.82. The fourth-order valence-electron chi connectivity index (χ4n) is 2.75. The van der Waals surface area contributed by atoms with Gasteiger partial charge >= 0.3 is 5.97 Å². The summed E-state index contributed by atoms with van der Waals surface area (Å²) in [7, 11) is 1.37. The van der Waals surface area contributed by atoms with E-state index >= 15 is 0 Å². The minimum absolute atomic E-state index is 0.402. The lowest BCUT2D eigenvalue weighted by Crippen LogP contribution is -2.05. The van der Waals surface area contributed by atoms with Gasteiger partial charge in [0, 0.05) is 5.39 Å². The number of esters is 1. The number of nitriles is 1. The molecule has 3 nitrogen and oxygen atoms in total. The molecule has 0 saturated heterocycles. The first-order chi connectivity index (χ1) is 11.2. The zero-order valence-electron chi connectivity index (χ0n) is 13.0. The normalized spacial score (nSPS) is 10.3. The monoisotopic (exact) mass is 301 g/mol. The fourth-order valence-corrected chi connectivity index (χ4v) is 2.75. The van der Waals surface area contributed by atoms with Crippen molar-refractivity contribution in [3.63, 3.8) is 0 Å². The van der Waals surface area contributed by atoms with Crippen LogP contribution in [0.25, 0.3) is 21.9 Å². The minimum Gasteiger partial charge on any atom is -0.465 e. The molecule has 0 aromatic heterocycles. The molecule has 0 unspecified atom stereocenters. The number of methoxy groups -OCH3 is 1. The number of hydrogen-bond acceptors (Lipinski definition) is 3. The van der Waals surface area contributed by atoms with E-state index in [0.29, 0.717) is 16.7 Å². The second kappa shape index (κ2) is 5.94. The van der Waals surface area contributed by atoms with Crippen LogP contribution in [0.1, 0.15) is 21.5 Å². The van der Waals surface area contributed by atoms with E-state index in [1.54, 1.807) is 6.07 Å². The Bertz CT molecular complexity index is 934. The first-order valence-corrected chi connectivity index (χ1v) is 7.27. The maximum absolute atomic E-state index is 12.4. The summed E-state index contributed by atoms with van der Waals surface area (Å²) < 4.78 is 4.98. The molecule has 0 saturated carbocycles. The lowest BCUT2D eigenvalue weighted by atomic mass is 9.91. The summed E-state index contributed by atoms with van der Waals surface area (Å²) in [5, 5.41) is 11.0. The van der Waals surface area contributed by atoms with Gasteiger partial charge in [0.15, 0.2) is 0 Å². The second-order valence-corrected chi connectivity index (χ2v) is 5.36. The predicted molar refractivity (Wildman–Crippen MR) is 90.2 cm³/mol. The van der Waals surface area contributed by atoms with Gasteiger partial charge in [-0.1, -0.05) is 54.1 Å². The molecule has 0 aliphatic carbocycles. The summed E-state index contributed by atoms with van der Waals surface area (Å²) in [6.07, 6.45) is 0. The van der Waals surface area contributed by atoms with Gasteiger partial charge in [-0.2, -0.15) is 5.26 Å². The van der Waals surface area contributed by atoms with Gasteiger partial charge in [0.05, 0.1) is 24.3 Å². The predicted octanol–water partition coefficient (Wildman–Crippen LogP) is 4.47. The third-order valence-electron chi connectivity index (χ3n) is 3.92. The van der Waals surface area contributed by atoms with Crippen LogP contribution in [0.15, 0.2) is 54.6 Å². The van der Waals surface area contributed by atoms with Crippen LogP contribution in [0.3, 0.4) is 0 Å². The van der Waals surface area contributed by atoms with Crippen molar-refractivity contribution < 1.29 is 9.53 Å². The van der Waals surface area contributed by atoms with Crippen LogP contribution >= 0.6 is 0 Å². The highest BCUT2D eigenvalue weighted by molar-refractivity contribution is 6.11. The molecule has 0 fully saturated rings. The molecule has 3 aromatic carbocycles. The fraction of sp³-hybridized carbons (Fsp3) is 0.100. The number of nitrogens with zero attached hydrogens (tertiary/aromatic N) is 1. The topological polar surface area (TPSA) is 50.1 Å². The third-order valence-corrected chi connectivity index (χ3v) is 3.92. The van der Waals surface area contributed by atoms with Gasteiger partial charge in [-0.25, -0.2) is 4.79 Å². The number of rotatable bonds is 2. The Hall–Kier alpha value is -3.12. The highest BCUT2D eigenvalue weighted by Gasteiger charge is 2.19. The summed E-state index contributed by atoms with van der Waals surface area (Å²) >= 11 is 0. The molecule has 112 valence electrons. The number of hydrogen-bond donors (Lipinski definition) is 0. The highest BCUT2D eigenvalue weighted by atomic mass is 16.5. The average molecular weight is 301 g/mol. The lowest BCUT2D eigenvalue weighted by Gasteiger charge is -2.13. The van der Waals surface area contributed by atoms with Crippen molar-refractivity contribution in [3.8, 4) is 17.2 Å². The SMILES string of the molecule is COC(=O)c1c(-c2ccc(C)cc2)cc(C#N)c2ccccc12. The summed E-state index contributed by atoms with van der Waals surface area (Å²) in [6.45, 7) is 2.01. The van der Waals surface area contributed by atoms with E-state index in [4.69, 9.17) is 4.74 Å².